The van der Waals surface area contributed by atoms with Crippen LogP contribution >= 0.6 is 0 Å². The van der Waals surface area contributed by atoms with E-state index in [1.54, 1.807) is 0 Å². The van der Waals surface area contributed by atoms with Crippen LogP contribution in [0.3, 0.4) is 0 Å². The monoisotopic (exact) mass is 327 g/mol. The van der Waals surface area contributed by atoms with Crippen molar-refractivity contribution in [3.05, 3.63) is 35.4 Å². The molecule has 1 heterocycles. The highest BCUT2D eigenvalue weighted by atomic mass is 16.2. The predicted molar refractivity (Wildman–Crippen MR) is 86.7 cm³/mol. The van der Waals surface area contributed by atoms with Gasteiger partial charge in [0.25, 0.3) is 5.91 Å². The molecule has 1 aromatic rings. The van der Waals surface area contributed by atoms with Crippen LogP contribution < -0.4 is 11.1 Å². The lowest BCUT2D eigenvalue weighted by atomic mass is 9.89. The maximum absolute atomic E-state index is 13.2. The normalized spacial score (nSPS) is 28.0. The lowest BCUT2D eigenvalue weighted by Gasteiger charge is -2.29. The first-order valence-electron chi connectivity index (χ1n) is 8.49. The van der Waals surface area contributed by atoms with Crippen LogP contribution in [0.1, 0.15) is 37.3 Å². The van der Waals surface area contributed by atoms with E-state index in [9.17, 15) is 14.4 Å². The number of hydrogen-bond donors (Lipinski definition) is 2. The summed E-state index contributed by atoms with van der Waals surface area (Å²) in [4.78, 5) is 39.0. The highest BCUT2D eigenvalue weighted by molar-refractivity contribution is 6.10. The molecule has 6 nitrogen and oxygen atoms in total. The maximum atomic E-state index is 13.2. The van der Waals surface area contributed by atoms with Crippen LogP contribution in [0.15, 0.2) is 24.3 Å². The van der Waals surface area contributed by atoms with Crippen LogP contribution in [0.4, 0.5) is 4.79 Å². The zero-order valence-electron chi connectivity index (χ0n) is 13.6. The van der Waals surface area contributed by atoms with Crippen molar-refractivity contribution in [2.24, 2.45) is 17.6 Å². The molecule has 4 amide bonds. The average Bonchev–Trinajstić information content (AvgIpc) is 3.30. The average molecular weight is 327 g/mol. The largest absolute Gasteiger partial charge is 0.368 e. The number of carbonyl (C=O) groups is 3. The van der Waals surface area contributed by atoms with E-state index in [1.165, 1.54) is 0 Å². The molecular formula is C18H21N3O3. The number of amides is 4. The Labute approximate surface area is 140 Å². The highest BCUT2D eigenvalue weighted by Crippen LogP contribution is 2.44. The van der Waals surface area contributed by atoms with Crippen molar-refractivity contribution >= 4 is 17.8 Å². The van der Waals surface area contributed by atoms with Gasteiger partial charge in [0, 0.05) is 0 Å². The van der Waals surface area contributed by atoms with Gasteiger partial charge in [-0.1, -0.05) is 31.2 Å². The number of nitrogens with zero attached hydrogens (tertiary/aromatic N) is 1. The van der Waals surface area contributed by atoms with E-state index in [4.69, 9.17) is 5.73 Å². The Morgan fingerprint density at radius 3 is 2.71 bits per heavy atom. The van der Waals surface area contributed by atoms with E-state index < -0.39 is 23.5 Å². The molecule has 1 spiro atoms. The van der Waals surface area contributed by atoms with Gasteiger partial charge in [-0.2, -0.15) is 0 Å². The molecule has 2 aliphatic carbocycles. The second-order valence-electron chi connectivity index (χ2n) is 7.21. The van der Waals surface area contributed by atoms with Gasteiger partial charge < -0.3 is 11.1 Å². The zero-order valence-corrected chi connectivity index (χ0v) is 13.6. The number of hydrogen-bond acceptors (Lipinski definition) is 3. The number of urea groups is 1. The fourth-order valence-corrected chi connectivity index (χ4v) is 4.31. The Kier molecular flexibility index (Phi) is 3.20. The molecule has 1 saturated heterocycles. The van der Waals surface area contributed by atoms with Gasteiger partial charge in [0.2, 0.25) is 5.91 Å². The van der Waals surface area contributed by atoms with Crippen molar-refractivity contribution in [3.63, 3.8) is 0 Å². The minimum atomic E-state index is -1.04. The van der Waals surface area contributed by atoms with Crippen LogP contribution in [0.2, 0.25) is 0 Å². The summed E-state index contributed by atoms with van der Waals surface area (Å²) < 4.78 is 0. The minimum absolute atomic E-state index is 0.107. The van der Waals surface area contributed by atoms with E-state index in [-0.39, 0.29) is 11.8 Å². The minimum Gasteiger partial charge on any atom is -0.368 e. The number of carbonyl (C=O) groups excluding carboxylic acids is 3. The SMILES string of the molecule is C[C@@H](C1CC1)C(C(N)=O)N1C(=O)N[C@]2(CCc3ccccc32)C1=O. The van der Waals surface area contributed by atoms with E-state index in [2.05, 4.69) is 5.32 Å². The second-order valence-corrected chi connectivity index (χ2v) is 7.21. The van der Waals surface area contributed by atoms with E-state index in [0.29, 0.717) is 12.3 Å². The van der Waals surface area contributed by atoms with Crippen molar-refractivity contribution in [3.8, 4) is 0 Å². The molecule has 1 aliphatic heterocycles. The first-order valence-corrected chi connectivity index (χ1v) is 8.49. The van der Waals surface area contributed by atoms with Gasteiger partial charge in [-0.25, -0.2) is 9.69 Å². The third-order valence-corrected chi connectivity index (χ3v) is 5.80. The smallest absolute Gasteiger partial charge is 0.326 e. The molecule has 1 unspecified atom stereocenters. The third kappa shape index (κ3) is 1.98. The first-order chi connectivity index (χ1) is 11.5. The van der Waals surface area contributed by atoms with Crippen LogP contribution in [-0.2, 0) is 21.5 Å². The molecule has 4 rings (SSSR count). The number of nitrogens with two attached hydrogens (primary N) is 1. The second kappa shape index (κ2) is 5.06. The van der Waals surface area contributed by atoms with Gasteiger partial charge in [-0.3, -0.25) is 9.59 Å². The Balaban J connectivity index is 1.73. The summed E-state index contributed by atoms with van der Waals surface area (Å²) in [5.74, 6) is -0.700. The Morgan fingerprint density at radius 1 is 1.33 bits per heavy atom. The molecule has 126 valence electrons. The number of imide groups is 1. The summed E-state index contributed by atoms with van der Waals surface area (Å²) in [6.45, 7) is 1.90. The van der Waals surface area contributed by atoms with Gasteiger partial charge in [-0.15, -0.1) is 0 Å². The fourth-order valence-electron chi connectivity index (χ4n) is 4.31. The summed E-state index contributed by atoms with van der Waals surface area (Å²) >= 11 is 0. The molecule has 1 aromatic carbocycles. The van der Waals surface area contributed by atoms with Crippen LogP contribution in [0.5, 0.6) is 0 Å². The fraction of sp³-hybridized carbons (Fsp3) is 0.500. The van der Waals surface area contributed by atoms with Crippen LogP contribution in [-0.4, -0.2) is 28.8 Å². The molecule has 6 heteroatoms. The lowest BCUT2D eigenvalue weighted by molar-refractivity contribution is -0.139. The summed E-state index contributed by atoms with van der Waals surface area (Å²) in [5, 5.41) is 2.86. The Hall–Kier alpha value is -2.37. The van der Waals surface area contributed by atoms with Crippen molar-refractivity contribution in [1.29, 1.82) is 0 Å². The first kappa shape index (κ1) is 15.2. The lowest BCUT2D eigenvalue weighted by Crippen LogP contribution is -2.53. The van der Waals surface area contributed by atoms with Gasteiger partial charge in [0.1, 0.15) is 11.6 Å². The zero-order chi connectivity index (χ0) is 17.1. The van der Waals surface area contributed by atoms with Crippen molar-refractivity contribution in [1.82, 2.24) is 10.2 Å². The van der Waals surface area contributed by atoms with Crippen LogP contribution in [0, 0.1) is 11.8 Å². The molecular weight excluding hydrogens is 306 g/mol. The number of primary amides is 1. The van der Waals surface area contributed by atoms with Crippen molar-refractivity contribution < 1.29 is 14.4 Å². The number of rotatable bonds is 4. The number of fused-ring (bicyclic) bond motifs is 2. The molecule has 3 aliphatic rings. The maximum Gasteiger partial charge on any atom is 0.326 e. The van der Waals surface area contributed by atoms with Gasteiger partial charge in [0.15, 0.2) is 0 Å². The number of aryl methyl sites for hydroxylation is 1. The Morgan fingerprint density at radius 2 is 2.04 bits per heavy atom. The van der Waals surface area contributed by atoms with E-state index in [1.807, 2.05) is 31.2 Å². The van der Waals surface area contributed by atoms with Crippen molar-refractivity contribution in [2.75, 3.05) is 0 Å². The molecule has 2 fully saturated rings. The van der Waals surface area contributed by atoms with E-state index >= 15 is 0 Å². The quantitative estimate of drug-likeness (QED) is 0.816. The molecule has 0 radical (unpaired) electrons. The molecule has 1 saturated carbocycles. The molecule has 0 aromatic heterocycles. The molecule has 0 bridgehead atoms. The molecule has 24 heavy (non-hydrogen) atoms. The summed E-state index contributed by atoms with van der Waals surface area (Å²) in [6.07, 6.45) is 3.29. The van der Waals surface area contributed by atoms with Gasteiger partial charge >= 0.3 is 6.03 Å². The predicted octanol–water partition coefficient (Wildman–Crippen LogP) is 1.28. The van der Waals surface area contributed by atoms with Gasteiger partial charge in [0.05, 0.1) is 0 Å². The summed E-state index contributed by atoms with van der Waals surface area (Å²) in [5.41, 5.74) is 6.45. The highest BCUT2D eigenvalue weighted by Gasteiger charge is 2.58. The van der Waals surface area contributed by atoms with Crippen molar-refractivity contribution in [2.45, 2.75) is 44.2 Å². The van der Waals surface area contributed by atoms with Gasteiger partial charge in [-0.05, 0) is 48.6 Å². The van der Waals surface area contributed by atoms with Crippen LogP contribution in [0.25, 0.3) is 0 Å². The summed E-state index contributed by atoms with van der Waals surface area (Å²) in [6, 6.07) is 6.27. The van der Waals surface area contributed by atoms with E-state index in [0.717, 1.165) is 35.3 Å². The Bertz CT molecular complexity index is 743. The topological polar surface area (TPSA) is 92.5 Å². The third-order valence-electron chi connectivity index (χ3n) is 5.80. The summed E-state index contributed by atoms with van der Waals surface area (Å²) in [7, 11) is 0. The standard InChI is InChI=1S/C18H21N3O3/c1-10(11-6-7-11)14(15(19)22)21-16(23)18(20-17(21)24)9-8-12-4-2-3-5-13(12)18/h2-5,10-11,14H,6-9H2,1H3,(H2,19,22)(H,20,24)/t10-,14?,18-/m0/s1. The number of benzene rings is 1. The number of nitrogens with one attached hydrogen (secondary N) is 1. The molecule has 3 atom stereocenters. The molecule has 3 N–H and O–H groups in total.